The Labute approximate surface area is 158 Å². The highest BCUT2D eigenvalue weighted by atomic mass is 19.1. The fourth-order valence-corrected chi connectivity index (χ4v) is 4.61. The van der Waals surface area contributed by atoms with E-state index in [2.05, 4.69) is 12.2 Å². The summed E-state index contributed by atoms with van der Waals surface area (Å²) in [6.45, 7) is 5.08. The molecular weight excluding hydrogens is 345 g/mol. The number of rotatable bonds is 2. The molecule has 4 rings (SSSR count). The Bertz CT molecular complexity index is 860. The van der Waals surface area contributed by atoms with E-state index >= 15 is 0 Å². The molecule has 0 aromatic heterocycles. The molecule has 27 heavy (non-hydrogen) atoms. The Morgan fingerprint density at radius 1 is 1.19 bits per heavy atom. The van der Waals surface area contributed by atoms with E-state index in [4.69, 9.17) is 4.74 Å². The van der Waals surface area contributed by atoms with Crippen LogP contribution in [0.3, 0.4) is 0 Å². The van der Waals surface area contributed by atoms with E-state index in [1.807, 2.05) is 19.1 Å². The summed E-state index contributed by atoms with van der Waals surface area (Å²) < 4.78 is 18.7. The van der Waals surface area contributed by atoms with Gasteiger partial charge in [0, 0.05) is 32.0 Å². The van der Waals surface area contributed by atoms with E-state index < -0.39 is 5.54 Å². The van der Waals surface area contributed by atoms with E-state index in [0.29, 0.717) is 31.6 Å². The molecule has 0 radical (unpaired) electrons. The van der Waals surface area contributed by atoms with Crippen LogP contribution in [0.4, 0.5) is 4.39 Å². The van der Waals surface area contributed by atoms with Gasteiger partial charge in [0.25, 0.3) is 5.91 Å². The predicted octanol–water partition coefficient (Wildman–Crippen LogP) is 3.91. The average Bonchev–Trinajstić information content (AvgIpc) is 2.88. The van der Waals surface area contributed by atoms with Gasteiger partial charge >= 0.3 is 0 Å². The summed E-state index contributed by atoms with van der Waals surface area (Å²) in [4.78, 5) is 12.9. The number of hydrogen-bond donors (Lipinski definition) is 2. The molecular formula is C22H24FNO3. The summed E-state index contributed by atoms with van der Waals surface area (Å²) in [5.41, 5.74) is 2.77. The first-order chi connectivity index (χ1) is 12.9. The smallest absolute Gasteiger partial charge is 0.252 e. The van der Waals surface area contributed by atoms with Gasteiger partial charge in [-0.05, 0) is 36.1 Å². The van der Waals surface area contributed by atoms with Crippen molar-refractivity contribution in [2.75, 3.05) is 13.2 Å². The van der Waals surface area contributed by atoms with Crippen LogP contribution in [0.2, 0.25) is 0 Å². The molecule has 3 aliphatic rings. The summed E-state index contributed by atoms with van der Waals surface area (Å²) in [7, 11) is 0. The van der Waals surface area contributed by atoms with Crippen molar-refractivity contribution >= 4 is 11.5 Å². The van der Waals surface area contributed by atoms with Gasteiger partial charge in [0.2, 0.25) is 0 Å². The van der Waals surface area contributed by atoms with Gasteiger partial charge in [0.1, 0.15) is 17.1 Å². The molecule has 142 valence electrons. The molecule has 1 spiro atoms. The fourth-order valence-electron chi connectivity index (χ4n) is 4.61. The fraction of sp³-hybridized carbons (Fsp3) is 0.409. The van der Waals surface area contributed by atoms with E-state index in [1.54, 1.807) is 12.1 Å². The van der Waals surface area contributed by atoms with Crippen LogP contribution in [0.1, 0.15) is 32.3 Å². The van der Waals surface area contributed by atoms with Gasteiger partial charge in [-0.2, -0.15) is 0 Å². The number of halogens is 1. The van der Waals surface area contributed by atoms with Crippen LogP contribution in [-0.4, -0.2) is 29.8 Å². The third-order valence-corrected chi connectivity index (χ3v) is 6.15. The first-order valence-electron chi connectivity index (χ1n) is 9.41. The summed E-state index contributed by atoms with van der Waals surface area (Å²) in [6, 6.07) is 6.40. The van der Waals surface area contributed by atoms with Crippen molar-refractivity contribution in [2.45, 2.75) is 32.2 Å². The van der Waals surface area contributed by atoms with Gasteiger partial charge in [-0.15, -0.1) is 0 Å². The molecule has 0 saturated carbocycles. The van der Waals surface area contributed by atoms with E-state index in [0.717, 1.165) is 16.7 Å². The number of amides is 1. The first-order valence-corrected chi connectivity index (χ1v) is 9.41. The van der Waals surface area contributed by atoms with Crippen molar-refractivity contribution in [3.8, 4) is 0 Å². The van der Waals surface area contributed by atoms with Gasteiger partial charge in [-0.3, -0.25) is 4.79 Å². The molecule has 1 amide bonds. The van der Waals surface area contributed by atoms with Crippen molar-refractivity contribution in [3.63, 3.8) is 0 Å². The molecule has 2 unspecified atom stereocenters. The largest absolute Gasteiger partial charge is 0.509 e. The van der Waals surface area contributed by atoms with Gasteiger partial charge in [-0.1, -0.05) is 36.8 Å². The maximum absolute atomic E-state index is 13.3. The second-order valence-corrected chi connectivity index (χ2v) is 7.72. The molecule has 1 fully saturated rings. The number of carbonyl (C=O) groups is 1. The topological polar surface area (TPSA) is 58.6 Å². The summed E-state index contributed by atoms with van der Waals surface area (Å²) in [5, 5.41) is 14.1. The molecule has 1 aromatic carbocycles. The molecule has 5 heteroatoms. The molecule has 1 aromatic rings. The number of nitrogens with one attached hydrogen (secondary N) is 1. The number of benzene rings is 1. The third-order valence-electron chi connectivity index (χ3n) is 6.15. The molecule has 0 bridgehead atoms. The lowest BCUT2D eigenvalue weighted by atomic mass is 9.72. The Morgan fingerprint density at radius 3 is 2.52 bits per heavy atom. The quantitative estimate of drug-likeness (QED) is 0.831. The zero-order valence-corrected chi connectivity index (χ0v) is 15.6. The first kappa shape index (κ1) is 18.0. The van der Waals surface area contributed by atoms with Gasteiger partial charge in [-0.25, -0.2) is 4.39 Å². The Balaban J connectivity index is 1.73. The van der Waals surface area contributed by atoms with Crippen LogP contribution in [0.25, 0.3) is 5.57 Å². The lowest BCUT2D eigenvalue weighted by Crippen LogP contribution is -2.48. The second kappa shape index (κ2) is 6.64. The van der Waals surface area contributed by atoms with Gasteiger partial charge < -0.3 is 15.2 Å². The van der Waals surface area contributed by atoms with E-state index in [1.165, 1.54) is 12.1 Å². The number of aliphatic hydroxyl groups excluding tert-OH is 1. The number of allylic oxidation sites excluding steroid dienone is 4. The maximum atomic E-state index is 13.3. The monoisotopic (exact) mass is 369 g/mol. The van der Waals surface area contributed by atoms with Crippen molar-refractivity contribution in [1.82, 2.24) is 5.32 Å². The Morgan fingerprint density at radius 2 is 1.85 bits per heavy atom. The molecule has 2 N–H and O–H groups in total. The van der Waals surface area contributed by atoms with Gasteiger partial charge in [0.15, 0.2) is 0 Å². The van der Waals surface area contributed by atoms with Crippen LogP contribution in [0, 0.1) is 17.7 Å². The summed E-state index contributed by atoms with van der Waals surface area (Å²) in [6.07, 6.45) is 5.18. The molecule has 2 atom stereocenters. The lowest BCUT2D eigenvalue weighted by molar-refractivity contribution is -0.119. The van der Waals surface area contributed by atoms with Crippen LogP contribution >= 0.6 is 0 Å². The molecule has 1 aliphatic carbocycles. The van der Waals surface area contributed by atoms with E-state index in [-0.39, 0.29) is 29.3 Å². The van der Waals surface area contributed by atoms with Crippen molar-refractivity contribution in [1.29, 1.82) is 0 Å². The van der Waals surface area contributed by atoms with Crippen LogP contribution in [0.15, 0.2) is 53.3 Å². The molecule has 2 heterocycles. The number of hydrogen-bond acceptors (Lipinski definition) is 3. The number of aliphatic hydroxyl groups is 1. The standard InChI is InChI=1S/C22H24FNO3/c1-13-3-8-17(15-4-6-16(23)7-5-15)14(2)18(13)19-20(25)22(24-21(19)26)9-11-27-12-10-22/h3-8,14,18,25H,9-12H2,1-2H3,(H,24,26). The minimum Gasteiger partial charge on any atom is -0.509 e. The highest BCUT2D eigenvalue weighted by Crippen LogP contribution is 2.45. The van der Waals surface area contributed by atoms with E-state index in [9.17, 15) is 14.3 Å². The lowest BCUT2D eigenvalue weighted by Gasteiger charge is -2.33. The highest BCUT2D eigenvalue weighted by molar-refractivity contribution is 5.99. The second-order valence-electron chi connectivity index (χ2n) is 7.72. The average molecular weight is 369 g/mol. The zero-order chi connectivity index (χ0) is 19.2. The van der Waals surface area contributed by atoms with Crippen LogP contribution in [-0.2, 0) is 9.53 Å². The number of ether oxygens (including phenoxy) is 1. The molecule has 4 nitrogen and oxygen atoms in total. The zero-order valence-electron chi connectivity index (χ0n) is 15.6. The van der Waals surface area contributed by atoms with Crippen molar-refractivity contribution in [3.05, 3.63) is 64.7 Å². The van der Waals surface area contributed by atoms with Crippen LogP contribution in [0.5, 0.6) is 0 Å². The minimum absolute atomic E-state index is 0.0154. The maximum Gasteiger partial charge on any atom is 0.252 e. The van der Waals surface area contributed by atoms with Gasteiger partial charge in [0.05, 0.1) is 5.57 Å². The van der Waals surface area contributed by atoms with Crippen LogP contribution < -0.4 is 5.32 Å². The minimum atomic E-state index is -0.693. The Hall–Kier alpha value is -2.40. The van der Waals surface area contributed by atoms with Crippen molar-refractivity contribution < 1.29 is 19.0 Å². The summed E-state index contributed by atoms with van der Waals surface area (Å²) >= 11 is 0. The Kier molecular flexibility index (Phi) is 4.42. The van der Waals surface area contributed by atoms with Crippen molar-refractivity contribution in [2.24, 2.45) is 11.8 Å². The predicted molar refractivity (Wildman–Crippen MR) is 101 cm³/mol. The summed E-state index contributed by atoms with van der Waals surface area (Å²) in [5.74, 6) is -0.529. The SMILES string of the molecule is CC1=CC=C(c2ccc(F)cc2)C(C)C1C1=C(O)C2(CCOCC2)NC1=O. The third kappa shape index (κ3) is 2.90. The highest BCUT2D eigenvalue weighted by Gasteiger charge is 2.49. The number of carbonyl (C=O) groups excluding carboxylic acids is 1. The normalized spacial score (nSPS) is 27.4. The molecule has 1 saturated heterocycles. The molecule has 2 aliphatic heterocycles.